The van der Waals surface area contributed by atoms with Gasteiger partial charge >= 0.3 is 10.1 Å². The van der Waals surface area contributed by atoms with Crippen molar-refractivity contribution in [2.24, 2.45) is 16.7 Å². The van der Waals surface area contributed by atoms with Gasteiger partial charge in [0, 0.05) is 0 Å². The maximum atomic E-state index is 12.2. The minimum Gasteiger partial charge on any atom is -1.00 e. The van der Waals surface area contributed by atoms with Gasteiger partial charge in [-0.3, -0.25) is 9.35 Å². The molecule has 2 saturated carbocycles. The Bertz CT molecular complexity index is 456. The third-order valence-corrected chi connectivity index (χ3v) is 6.46. The molecule has 0 saturated heterocycles. The van der Waals surface area contributed by atoms with Crippen LogP contribution in [0, 0.1) is 16.7 Å². The molecule has 0 radical (unpaired) electrons. The van der Waals surface area contributed by atoms with E-state index in [0.29, 0.717) is 6.42 Å². The molecular weight excluding hydrogens is 305 g/mol. The van der Waals surface area contributed by atoms with Crippen LogP contribution < -0.4 is 0 Å². The maximum Gasteiger partial charge on any atom is 2.00 e. The molecule has 3 atom stereocenters. The number of halogens is 1. The van der Waals surface area contributed by atoms with E-state index in [2.05, 4.69) is 15.9 Å². The molecular formula is C10H17BeBrO4S. The van der Waals surface area contributed by atoms with Gasteiger partial charge in [0.15, 0.2) is 5.78 Å². The van der Waals surface area contributed by atoms with Gasteiger partial charge in [-0.25, -0.2) is 0 Å². The number of hydrogen-bond donors (Lipinski definition) is 1. The van der Waals surface area contributed by atoms with Crippen LogP contribution >= 0.6 is 15.9 Å². The van der Waals surface area contributed by atoms with Gasteiger partial charge < -0.3 is 2.85 Å². The molecule has 0 spiro atoms. The minimum atomic E-state index is -4.12. The van der Waals surface area contributed by atoms with Crippen LogP contribution in [-0.4, -0.2) is 39.5 Å². The third kappa shape index (κ3) is 1.93. The largest absolute Gasteiger partial charge is 2.00 e. The van der Waals surface area contributed by atoms with Gasteiger partial charge in [-0.05, 0) is 24.2 Å². The monoisotopic (exact) mass is 321 g/mol. The summed E-state index contributed by atoms with van der Waals surface area (Å²) in [5, 5.41) is 0. The van der Waals surface area contributed by atoms with E-state index >= 15 is 0 Å². The van der Waals surface area contributed by atoms with E-state index in [9.17, 15) is 13.2 Å². The molecule has 0 aromatic heterocycles. The van der Waals surface area contributed by atoms with Crippen molar-refractivity contribution in [2.45, 2.75) is 31.5 Å². The van der Waals surface area contributed by atoms with Crippen molar-refractivity contribution >= 4 is 42.0 Å². The van der Waals surface area contributed by atoms with E-state index < -0.39 is 21.3 Å². The van der Waals surface area contributed by atoms with Crippen molar-refractivity contribution in [1.29, 1.82) is 0 Å². The number of ketones is 1. The van der Waals surface area contributed by atoms with Crippen molar-refractivity contribution in [3.63, 3.8) is 0 Å². The van der Waals surface area contributed by atoms with E-state index in [0.717, 1.165) is 6.42 Å². The normalized spacial score (nSPS) is 39.2. The number of rotatable bonds is 2. The molecule has 2 bridgehead atoms. The molecule has 2 rings (SSSR count). The van der Waals surface area contributed by atoms with Crippen LogP contribution in [0.15, 0.2) is 0 Å². The van der Waals surface area contributed by atoms with E-state index in [1.54, 1.807) is 0 Å². The van der Waals surface area contributed by atoms with Gasteiger partial charge in [-0.2, -0.15) is 8.42 Å². The van der Waals surface area contributed by atoms with Gasteiger partial charge in [0.2, 0.25) is 0 Å². The quantitative estimate of drug-likeness (QED) is 0.475. The van der Waals surface area contributed by atoms with E-state index in [1.165, 1.54) is 0 Å². The van der Waals surface area contributed by atoms with Crippen molar-refractivity contribution in [1.82, 2.24) is 0 Å². The fraction of sp³-hybridized carbons (Fsp3) is 0.900. The average Bonchev–Trinajstić information content (AvgIpc) is 2.39. The summed E-state index contributed by atoms with van der Waals surface area (Å²) in [5.74, 6) is -0.335. The Balaban J connectivity index is 0. The number of Topliss-reactive ketones (excluding diaryl/α,β-unsaturated/α-hetero) is 1. The fourth-order valence-corrected chi connectivity index (χ4v) is 6.12. The Morgan fingerprint density at radius 1 is 1.53 bits per heavy atom. The SMILES string of the molecule is CC1(C)C2CCC1(CS(=O)(=O)O)C(=O)C2Br.[Be+2].[H-].[H-]. The topological polar surface area (TPSA) is 71.4 Å². The van der Waals surface area contributed by atoms with Crippen LogP contribution in [-0.2, 0) is 14.9 Å². The molecule has 4 nitrogen and oxygen atoms in total. The van der Waals surface area contributed by atoms with E-state index in [4.69, 9.17) is 4.55 Å². The average molecular weight is 322 g/mol. The van der Waals surface area contributed by atoms with Crippen molar-refractivity contribution in [3.8, 4) is 0 Å². The first-order valence-corrected chi connectivity index (χ1v) is 7.78. The van der Waals surface area contributed by atoms with Gasteiger partial charge in [-0.15, -0.1) is 0 Å². The molecule has 17 heavy (non-hydrogen) atoms. The second kappa shape index (κ2) is 4.12. The predicted molar refractivity (Wildman–Crippen MR) is 71.1 cm³/mol. The Hall–Kier alpha value is 0.229. The first-order valence-electron chi connectivity index (χ1n) is 5.25. The first kappa shape index (κ1) is 15.3. The first-order chi connectivity index (χ1) is 7.12. The molecule has 7 heteroatoms. The Morgan fingerprint density at radius 2 is 2.06 bits per heavy atom. The van der Waals surface area contributed by atoms with Gasteiger partial charge in [-0.1, -0.05) is 29.8 Å². The van der Waals surface area contributed by atoms with E-state index in [-0.39, 0.29) is 34.9 Å². The van der Waals surface area contributed by atoms with Crippen molar-refractivity contribution < 1.29 is 20.6 Å². The fourth-order valence-electron chi connectivity index (χ4n) is 3.48. The minimum absolute atomic E-state index is 0. The molecule has 2 fully saturated rings. The summed E-state index contributed by atoms with van der Waals surface area (Å²) in [6.07, 6.45) is 1.40. The molecule has 2 aliphatic carbocycles. The molecule has 1 N–H and O–H groups in total. The molecule has 2 aliphatic rings. The number of fused-ring (bicyclic) bond motifs is 2. The molecule has 96 valence electrons. The second-order valence-corrected chi connectivity index (χ2v) is 7.88. The summed E-state index contributed by atoms with van der Waals surface area (Å²) < 4.78 is 31.2. The number of carbonyl (C=O) groups is 1. The standard InChI is InChI=1S/C10H15BrO4S.Be.2H/c1-9(2)6-3-4-10(9,5-16(13,14)15)8(12)7(6)11;;;/h6-7H,3-5H2,1-2H3,(H,13,14,15);;;/q;+2;2*-1. The summed E-state index contributed by atoms with van der Waals surface area (Å²) in [5.41, 5.74) is -1.27. The number of hydrogen-bond acceptors (Lipinski definition) is 3. The molecule has 0 aromatic carbocycles. The summed E-state index contributed by atoms with van der Waals surface area (Å²) in [4.78, 5) is 11.9. The zero-order chi connectivity index (χ0) is 12.4. The van der Waals surface area contributed by atoms with Crippen LogP contribution in [0.25, 0.3) is 0 Å². The van der Waals surface area contributed by atoms with Crippen LogP contribution in [0.3, 0.4) is 0 Å². The summed E-state index contributed by atoms with van der Waals surface area (Å²) in [6, 6.07) is 0. The van der Waals surface area contributed by atoms with Crippen molar-refractivity contribution in [2.75, 3.05) is 5.75 Å². The molecule has 0 amide bonds. The van der Waals surface area contributed by atoms with Gasteiger partial charge in [0.25, 0.3) is 10.1 Å². The molecule has 0 aromatic rings. The van der Waals surface area contributed by atoms with Crippen LogP contribution in [0.2, 0.25) is 0 Å². The number of alkyl halides is 1. The Morgan fingerprint density at radius 3 is 2.41 bits per heavy atom. The third-order valence-electron chi connectivity index (χ3n) is 4.55. The smallest absolute Gasteiger partial charge is 1.00 e. The molecule has 0 aliphatic heterocycles. The van der Waals surface area contributed by atoms with Crippen LogP contribution in [0.4, 0.5) is 0 Å². The Labute approximate surface area is 117 Å². The van der Waals surface area contributed by atoms with E-state index in [1.807, 2.05) is 13.8 Å². The molecule has 0 heterocycles. The summed E-state index contributed by atoms with van der Waals surface area (Å²) in [7, 11) is -4.12. The predicted octanol–water partition coefficient (Wildman–Crippen LogP) is 1.49. The zero-order valence-corrected chi connectivity index (χ0v) is 12.3. The summed E-state index contributed by atoms with van der Waals surface area (Å²) in [6.45, 7) is 3.85. The second-order valence-electron chi connectivity index (χ2n) is 5.44. The van der Waals surface area contributed by atoms with Crippen molar-refractivity contribution in [3.05, 3.63) is 0 Å². The maximum absolute atomic E-state index is 12.2. The van der Waals surface area contributed by atoms with Crippen LogP contribution in [0.1, 0.15) is 29.5 Å². The number of carbonyl (C=O) groups excluding carboxylic acids is 1. The summed E-state index contributed by atoms with van der Waals surface area (Å²) >= 11 is 3.35. The molecule has 3 unspecified atom stereocenters. The van der Waals surface area contributed by atoms with Gasteiger partial charge in [0.1, 0.15) is 0 Å². The van der Waals surface area contributed by atoms with Gasteiger partial charge in [0.05, 0.1) is 16.0 Å². The zero-order valence-electron chi connectivity index (χ0n) is 11.9. The Kier molecular flexibility index (Phi) is 3.70. The van der Waals surface area contributed by atoms with Crippen LogP contribution in [0.5, 0.6) is 0 Å².